The summed E-state index contributed by atoms with van der Waals surface area (Å²) < 4.78 is 3.68. The molecule has 7 heteroatoms. The van der Waals surface area contributed by atoms with E-state index in [-0.39, 0.29) is 24.0 Å². The number of nitrogens with zero attached hydrogens (tertiary/aromatic N) is 2. The highest BCUT2D eigenvalue weighted by atomic mass is 127. The van der Waals surface area contributed by atoms with Gasteiger partial charge in [-0.3, -0.25) is 0 Å². The topological polar surface area (TPSA) is 7.12 Å². The predicted molar refractivity (Wildman–Crippen MR) is 157 cm³/mol. The van der Waals surface area contributed by atoms with Crippen molar-refractivity contribution in [2.45, 2.75) is 51.0 Å². The van der Waals surface area contributed by atoms with Crippen molar-refractivity contribution in [2.24, 2.45) is 5.92 Å². The number of fused-ring (bicyclic) bond motifs is 3. The molecule has 0 spiro atoms. The first-order valence-corrected chi connectivity index (χ1v) is 15.1. The van der Waals surface area contributed by atoms with Crippen LogP contribution in [0, 0.1) is 5.92 Å². The molecule has 6 rings (SSSR count). The summed E-state index contributed by atoms with van der Waals surface area (Å²) in [6, 6.07) is 12.4. The van der Waals surface area contributed by atoms with Crippen molar-refractivity contribution in [3.8, 4) is 0 Å². The van der Waals surface area contributed by atoms with Gasteiger partial charge >= 0.3 is 0 Å². The first kappa shape index (κ1) is 27.3. The Bertz CT molecular complexity index is 1480. The normalized spacial score (nSPS) is 21.1. The molecule has 2 heterocycles. The Morgan fingerprint density at radius 2 is 1.78 bits per heavy atom. The van der Waals surface area contributed by atoms with Crippen LogP contribution in [0.4, 0.5) is 5.69 Å². The average molecular weight is 680 g/mol. The van der Waals surface area contributed by atoms with Gasteiger partial charge in [-0.25, -0.2) is 0 Å². The Morgan fingerprint density at radius 3 is 2.59 bits per heavy atom. The highest BCUT2D eigenvalue weighted by Gasteiger charge is 2.27. The second-order valence-electron chi connectivity index (χ2n) is 9.59. The van der Waals surface area contributed by atoms with Gasteiger partial charge in [0.05, 0.1) is 10.7 Å². The van der Waals surface area contributed by atoms with Crippen LogP contribution < -0.4 is 33.4 Å². The summed E-state index contributed by atoms with van der Waals surface area (Å²) >= 11 is 16.3. The maximum absolute atomic E-state index is 6.30. The van der Waals surface area contributed by atoms with Crippen LogP contribution in [0.15, 0.2) is 81.3 Å². The fraction of sp³-hybridized carbons (Fsp3) is 0.300. The van der Waals surface area contributed by atoms with Gasteiger partial charge in [-0.05, 0) is 98.6 Å². The maximum Gasteiger partial charge on any atom is 0.263 e. The van der Waals surface area contributed by atoms with Crippen LogP contribution in [-0.2, 0) is 6.54 Å². The van der Waals surface area contributed by atoms with Gasteiger partial charge in [0.2, 0.25) is 5.52 Å². The molecular formula is C30H29Cl2IN2S2. The van der Waals surface area contributed by atoms with Crippen LogP contribution in [-0.4, -0.2) is 6.54 Å². The molecule has 192 valence electrons. The second kappa shape index (κ2) is 11.5. The third-order valence-corrected chi connectivity index (χ3v) is 10.1. The highest BCUT2D eigenvalue weighted by Crippen LogP contribution is 2.48. The Hall–Kier alpha value is -1.25. The van der Waals surface area contributed by atoms with Crippen LogP contribution in [0.1, 0.15) is 44.5 Å². The van der Waals surface area contributed by atoms with E-state index in [4.69, 9.17) is 23.2 Å². The largest absolute Gasteiger partial charge is 1.00 e. The standard InChI is InChI=1S/C30H29Cl2N2S2.HI/c1-3-33-25-17-23(31)9-11-27(25)35-29(33)15-19-5-7-21-8-6-20(14-22(21)13-19)16-30-34(4-2)26-18-24(32)10-12-28(26)36-30;/h9-18,21H,3-8H2,1-2H3;1H/q+1;/p-1. The van der Waals surface area contributed by atoms with Crippen molar-refractivity contribution in [3.63, 3.8) is 0 Å². The SMILES string of the molecule is CCN1/C(=C/C2=CC3=C/C(=C/c4sc5ccc(Cl)cc5[n+]4CC)CCC3CC2)Sc2ccc(Cl)cc21.[I-]. The first-order valence-electron chi connectivity index (χ1n) is 12.7. The number of hydrogen-bond donors (Lipinski definition) is 0. The molecule has 0 N–H and O–H groups in total. The van der Waals surface area contributed by atoms with E-state index >= 15 is 0 Å². The van der Waals surface area contributed by atoms with E-state index < -0.39 is 0 Å². The summed E-state index contributed by atoms with van der Waals surface area (Å²) in [5.41, 5.74) is 6.81. The molecule has 0 saturated carbocycles. The summed E-state index contributed by atoms with van der Waals surface area (Å²) in [5.74, 6) is 0.679. The third-order valence-electron chi connectivity index (χ3n) is 7.37. The quantitative estimate of drug-likeness (QED) is 0.232. The number of thioether (sulfide) groups is 1. The van der Waals surface area contributed by atoms with Crippen LogP contribution in [0.3, 0.4) is 0 Å². The molecule has 1 atom stereocenters. The molecule has 3 aliphatic rings. The summed E-state index contributed by atoms with van der Waals surface area (Å²) in [6.07, 6.45) is 14.5. The molecule has 1 aliphatic heterocycles. The van der Waals surface area contributed by atoms with Gasteiger partial charge in [0, 0.05) is 33.6 Å². The minimum atomic E-state index is 0. The van der Waals surface area contributed by atoms with Crippen molar-refractivity contribution < 1.29 is 28.5 Å². The smallest absolute Gasteiger partial charge is 0.263 e. The monoisotopic (exact) mass is 678 g/mol. The molecule has 1 aromatic heterocycles. The lowest BCUT2D eigenvalue weighted by Crippen LogP contribution is -3.00. The number of hydrogen-bond acceptors (Lipinski definition) is 3. The molecule has 0 radical (unpaired) electrons. The van der Waals surface area contributed by atoms with Gasteiger partial charge in [0.15, 0.2) is 0 Å². The number of aryl methyl sites for hydroxylation is 1. The highest BCUT2D eigenvalue weighted by molar-refractivity contribution is 8.03. The molecule has 0 amide bonds. The van der Waals surface area contributed by atoms with Crippen molar-refractivity contribution in [1.29, 1.82) is 0 Å². The summed E-state index contributed by atoms with van der Waals surface area (Å²) in [4.78, 5) is 3.68. The fourth-order valence-corrected chi connectivity index (χ4v) is 8.27. The van der Waals surface area contributed by atoms with E-state index in [2.05, 4.69) is 71.9 Å². The Kier molecular flexibility index (Phi) is 8.47. The van der Waals surface area contributed by atoms with Gasteiger partial charge in [-0.15, -0.1) is 0 Å². The summed E-state index contributed by atoms with van der Waals surface area (Å²) in [6.45, 7) is 6.30. The number of anilines is 1. The van der Waals surface area contributed by atoms with Gasteiger partial charge in [-0.2, -0.15) is 4.57 Å². The van der Waals surface area contributed by atoms with Crippen molar-refractivity contribution in [3.05, 3.63) is 91.4 Å². The molecule has 3 aromatic rings. The van der Waals surface area contributed by atoms with Crippen LogP contribution in [0.25, 0.3) is 16.3 Å². The zero-order valence-electron chi connectivity index (χ0n) is 20.9. The Labute approximate surface area is 254 Å². The van der Waals surface area contributed by atoms with Gasteiger partial charge < -0.3 is 28.9 Å². The van der Waals surface area contributed by atoms with E-state index in [1.54, 1.807) is 0 Å². The molecule has 2 nitrogen and oxygen atoms in total. The number of rotatable bonds is 4. The van der Waals surface area contributed by atoms with Gasteiger partial charge in [-0.1, -0.05) is 58.5 Å². The molecule has 2 aliphatic carbocycles. The van der Waals surface area contributed by atoms with Crippen molar-refractivity contribution in [2.75, 3.05) is 11.4 Å². The average Bonchev–Trinajstić information content (AvgIpc) is 3.39. The molecule has 2 aromatic carbocycles. The number of allylic oxidation sites excluding steroid dienone is 6. The number of thiazole rings is 1. The maximum atomic E-state index is 6.30. The third kappa shape index (κ3) is 5.44. The van der Waals surface area contributed by atoms with E-state index in [9.17, 15) is 0 Å². The zero-order chi connectivity index (χ0) is 24.8. The molecule has 0 fully saturated rings. The predicted octanol–water partition coefficient (Wildman–Crippen LogP) is 6.43. The number of aromatic nitrogens is 1. The second-order valence-corrected chi connectivity index (χ2v) is 12.6. The minimum absolute atomic E-state index is 0. The van der Waals surface area contributed by atoms with Crippen LogP contribution in [0.2, 0.25) is 10.0 Å². The molecule has 0 bridgehead atoms. The van der Waals surface area contributed by atoms with Crippen LogP contribution in [0.5, 0.6) is 0 Å². The van der Waals surface area contributed by atoms with E-state index in [0.717, 1.165) is 36.0 Å². The Balaban J connectivity index is 0.00000280. The van der Waals surface area contributed by atoms with E-state index in [1.807, 2.05) is 35.2 Å². The van der Waals surface area contributed by atoms with Gasteiger partial charge in [0.25, 0.3) is 5.01 Å². The van der Waals surface area contributed by atoms with Crippen LogP contribution >= 0.6 is 46.3 Å². The first-order chi connectivity index (χ1) is 17.5. The fourth-order valence-electron chi connectivity index (χ4n) is 5.57. The van der Waals surface area contributed by atoms with Crippen molar-refractivity contribution in [1.82, 2.24) is 0 Å². The number of benzene rings is 2. The lowest BCUT2D eigenvalue weighted by molar-refractivity contribution is -0.665. The number of halogens is 3. The Morgan fingerprint density at radius 1 is 1.00 bits per heavy atom. The molecule has 37 heavy (non-hydrogen) atoms. The lowest BCUT2D eigenvalue weighted by Gasteiger charge is -2.28. The zero-order valence-corrected chi connectivity index (χ0v) is 26.2. The van der Waals surface area contributed by atoms with E-state index in [1.165, 1.54) is 60.4 Å². The summed E-state index contributed by atoms with van der Waals surface area (Å²) in [5, 5.41) is 4.21. The van der Waals surface area contributed by atoms with E-state index in [0.29, 0.717) is 5.92 Å². The van der Waals surface area contributed by atoms with Gasteiger partial charge in [0.1, 0.15) is 11.2 Å². The van der Waals surface area contributed by atoms with Crippen molar-refractivity contribution >= 4 is 68.3 Å². The minimum Gasteiger partial charge on any atom is -1.00 e. The molecule has 0 saturated heterocycles. The lowest BCUT2D eigenvalue weighted by atomic mass is 9.77. The molecule has 1 unspecified atom stereocenters. The summed E-state index contributed by atoms with van der Waals surface area (Å²) in [7, 11) is 0. The molecular weight excluding hydrogens is 650 g/mol.